The van der Waals surface area contributed by atoms with E-state index in [0.29, 0.717) is 32.2 Å². The van der Waals surface area contributed by atoms with Crippen molar-refractivity contribution < 1.29 is 15.2 Å². The zero-order valence-electron chi connectivity index (χ0n) is 21.9. The minimum absolute atomic E-state index is 0.00232. The van der Waals surface area contributed by atoms with Crippen LogP contribution in [0.15, 0.2) is 12.3 Å². The van der Waals surface area contributed by atoms with Gasteiger partial charge in [-0.05, 0) is 81.1 Å². The zero-order chi connectivity index (χ0) is 24.5. The summed E-state index contributed by atoms with van der Waals surface area (Å²) in [6.07, 6.45) is 6.98. The van der Waals surface area contributed by atoms with E-state index in [1.165, 1.54) is 10.1 Å². The van der Waals surface area contributed by atoms with Crippen molar-refractivity contribution in [1.29, 1.82) is 0 Å². The van der Waals surface area contributed by atoms with Gasteiger partial charge >= 0.3 is 6.03 Å². The van der Waals surface area contributed by atoms with Crippen LogP contribution >= 0.6 is 0 Å². The van der Waals surface area contributed by atoms with Crippen molar-refractivity contribution in [2.75, 3.05) is 6.54 Å². The van der Waals surface area contributed by atoms with Gasteiger partial charge in [0.1, 0.15) is 0 Å². The molecule has 0 atom stereocenters. The second kappa shape index (κ2) is 7.69. The van der Waals surface area contributed by atoms with E-state index in [1.807, 2.05) is 66.5 Å². The number of piperidine rings is 2. The van der Waals surface area contributed by atoms with Crippen LogP contribution in [0.1, 0.15) is 94.9 Å². The molecule has 0 radical (unpaired) electrons. The molecule has 7 nitrogen and oxygen atoms in total. The lowest BCUT2D eigenvalue weighted by Crippen LogP contribution is -2.66. The van der Waals surface area contributed by atoms with E-state index in [9.17, 15) is 15.2 Å². The quantitative estimate of drug-likeness (QED) is 0.613. The zero-order valence-corrected chi connectivity index (χ0v) is 21.9. The standard InChI is InChI=1S/C25H46N4O3/c1-21(2)11-12-26(18-13-22(3,4)28(31)23(5,6)14-18)20(30)27(17-21)19-15-24(7,8)29(32)25(9,10)16-19/h11-12,18-19,31-32H,13-17H2,1-10H3. The lowest BCUT2D eigenvalue weighted by atomic mass is 9.77. The van der Waals surface area contributed by atoms with Gasteiger partial charge in [-0.3, -0.25) is 4.90 Å². The van der Waals surface area contributed by atoms with Gasteiger partial charge in [0.05, 0.1) is 0 Å². The topological polar surface area (TPSA) is 70.5 Å². The Bertz CT molecular complexity index is 735. The van der Waals surface area contributed by atoms with Crippen LogP contribution in [-0.2, 0) is 0 Å². The number of hydrogen-bond donors (Lipinski definition) is 2. The van der Waals surface area contributed by atoms with Crippen LogP contribution in [-0.4, -0.2) is 77.2 Å². The fourth-order valence-electron chi connectivity index (χ4n) is 6.47. The lowest BCUT2D eigenvalue weighted by molar-refractivity contribution is -0.252. The van der Waals surface area contributed by atoms with Gasteiger partial charge in [-0.2, -0.15) is 10.1 Å². The summed E-state index contributed by atoms with van der Waals surface area (Å²) in [5.74, 6) is 0. The molecule has 2 amide bonds. The van der Waals surface area contributed by atoms with Gasteiger partial charge in [-0.1, -0.05) is 19.9 Å². The van der Waals surface area contributed by atoms with Gasteiger partial charge < -0.3 is 15.3 Å². The number of hydroxylamine groups is 4. The number of nitrogens with zero attached hydrogens (tertiary/aromatic N) is 4. The molecule has 0 spiro atoms. The Morgan fingerprint density at radius 1 is 0.719 bits per heavy atom. The molecule has 0 aromatic rings. The van der Waals surface area contributed by atoms with E-state index < -0.39 is 22.2 Å². The first-order chi connectivity index (χ1) is 14.3. The Morgan fingerprint density at radius 2 is 1.09 bits per heavy atom. The number of urea groups is 1. The maximum absolute atomic E-state index is 14.1. The first-order valence-corrected chi connectivity index (χ1v) is 12.1. The summed E-state index contributed by atoms with van der Waals surface area (Å²) < 4.78 is 0. The molecule has 3 heterocycles. The highest BCUT2D eigenvalue weighted by Gasteiger charge is 2.51. The predicted octanol–water partition coefficient (Wildman–Crippen LogP) is 5.09. The van der Waals surface area contributed by atoms with Crippen molar-refractivity contribution >= 4 is 6.03 Å². The average molecular weight is 451 g/mol. The van der Waals surface area contributed by atoms with E-state index in [-0.39, 0.29) is 23.5 Å². The summed E-state index contributed by atoms with van der Waals surface area (Å²) in [7, 11) is 0. The van der Waals surface area contributed by atoms with Crippen LogP contribution in [0.3, 0.4) is 0 Å². The first kappa shape index (κ1) is 25.5. The number of carbonyl (C=O) groups excluding carboxylic acids is 1. The van der Waals surface area contributed by atoms with Gasteiger partial charge in [0.2, 0.25) is 0 Å². The van der Waals surface area contributed by atoms with E-state index in [1.54, 1.807) is 0 Å². The highest BCUT2D eigenvalue weighted by Crippen LogP contribution is 2.43. The van der Waals surface area contributed by atoms with Gasteiger partial charge in [-0.15, -0.1) is 0 Å². The molecule has 0 bridgehead atoms. The van der Waals surface area contributed by atoms with E-state index in [0.717, 1.165) is 0 Å². The molecule has 0 unspecified atom stereocenters. The number of carbonyl (C=O) groups is 1. The summed E-state index contributed by atoms with van der Waals surface area (Å²) in [5.41, 5.74) is -1.86. The molecule has 2 saturated heterocycles. The second-order valence-electron chi connectivity index (χ2n) is 13.6. The minimum atomic E-state index is -0.431. The maximum Gasteiger partial charge on any atom is 0.324 e. The molecule has 2 fully saturated rings. The summed E-state index contributed by atoms with van der Waals surface area (Å²) in [6.45, 7) is 21.3. The summed E-state index contributed by atoms with van der Waals surface area (Å²) in [5, 5.41) is 24.5. The largest absolute Gasteiger partial charge is 0.324 e. The maximum atomic E-state index is 14.1. The van der Waals surface area contributed by atoms with Crippen molar-refractivity contribution in [1.82, 2.24) is 19.9 Å². The van der Waals surface area contributed by atoms with Gasteiger partial charge in [0.25, 0.3) is 0 Å². The number of rotatable bonds is 2. The lowest BCUT2D eigenvalue weighted by Gasteiger charge is -2.55. The first-order valence-electron chi connectivity index (χ1n) is 12.1. The molecule has 3 aliphatic rings. The Balaban J connectivity index is 1.96. The molecule has 32 heavy (non-hydrogen) atoms. The van der Waals surface area contributed by atoms with E-state index in [2.05, 4.69) is 24.8 Å². The third-order valence-corrected chi connectivity index (χ3v) is 7.80. The van der Waals surface area contributed by atoms with Crippen molar-refractivity contribution in [3.05, 3.63) is 12.3 Å². The minimum Gasteiger partial charge on any atom is -0.320 e. The normalized spacial score (nSPS) is 31.1. The Kier molecular flexibility index (Phi) is 6.12. The van der Waals surface area contributed by atoms with Gasteiger partial charge in [0.15, 0.2) is 0 Å². The average Bonchev–Trinajstić information content (AvgIpc) is 2.72. The number of hydrogen-bond acceptors (Lipinski definition) is 5. The van der Waals surface area contributed by atoms with E-state index >= 15 is 0 Å². The van der Waals surface area contributed by atoms with E-state index in [4.69, 9.17) is 0 Å². The monoisotopic (exact) mass is 450 g/mol. The molecule has 0 aliphatic carbocycles. The Hall–Kier alpha value is -1.15. The molecule has 3 rings (SSSR count). The second-order valence-corrected chi connectivity index (χ2v) is 13.6. The smallest absolute Gasteiger partial charge is 0.320 e. The van der Waals surface area contributed by atoms with Crippen LogP contribution in [0.4, 0.5) is 4.79 Å². The molecule has 184 valence electrons. The van der Waals surface area contributed by atoms with Crippen LogP contribution in [0.5, 0.6) is 0 Å². The Morgan fingerprint density at radius 3 is 1.50 bits per heavy atom. The molecular formula is C25H46N4O3. The SMILES string of the molecule is CC1(C)C=CN(C2CC(C)(C)N(O)C(C)(C)C2)C(=O)N(C2CC(C)(C)N(O)C(C)(C)C2)C1. The number of amides is 2. The third kappa shape index (κ3) is 4.59. The van der Waals surface area contributed by atoms with Gasteiger partial charge in [0, 0.05) is 52.4 Å². The third-order valence-electron chi connectivity index (χ3n) is 7.80. The van der Waals surface area contributed by atoms with Crippen LogP contribution in [0, 0.1) is 5.41 Å². The van der Waals surface area contributed by atoms with Gasteiger partial charge in [-0.25, -0.2) is 4.79 Å². The predicted molar refractivity (Wildman–Crippen MR) is 126 cm³/mol. The molecule has 2 N–H and O–H groups in total. The molecule has 7 heteroatoms. The highest BCUT2D eigenvalue weighted by molar-refractivity contribution is 5.77. The Labute approximate surface area is 194 Å². The molecule has 0 aromatic carbocycles. The van der Waals surface area contributed by atoms with Crippen LogP contribution in [0.25, 0.3) is 0 Å². The van der Waals surface area contributed by atoms with Crippen molar-refractivity contribution in [2.45, 2.75) is 129 Å². The summed E-state index contributed by atoms with van der Waals surface area (Å²) >= 11 is 0. The summed E-state index contributed by atoms with van der Waals surface area (Å²) in [4.78, 5) is 18.1. The van der Waals surface area contributed by atoms with Crippen LogP contribution in [0.2, 0.25) is 0 Å². The van der Waals surface area contributed by atoms with Crippen molar-refractivity contribution in [3.8, 4) is 0 Å². The fourth-order valence-corrected chi connectivity index (χ4v) is 6.47. The highest BCUT2D eigenvalue weighted by atomic mass is 16.5. The molecular weight excluding hydrogens is 404 g/mol. The van der Waals surface area contributed by atoms with Crippen molar-refractivity contribution in [3.63, 3.8) is 0 Å². The fraction of sp³-hybridized carbons (Fsp3) is 0.880. The molecule has 3 aliphatic heterocycles. The summed E-state index contributed by atoms with van der Waals surface area (Å²) in [6, 6.07) is 0.0804. The molecule has 0 saturated carbocycles. The molecule has 0 aromatic heterocycles. The van der Waals surface area contributed by atoms with Crippen LogP contribution < -0.4 is 0 Å². The van der Waals surface area contributed by atoms with Crippen molar-refractivity contribution in [2.24, 2.45) is 5.41 Å².